The van der Waals surface area contributed by atoms with Gasteiger partial charge in [-0.15, -0.1) is 0 Å². The molecule has 0 spiro atoms. The molecule has 10 bridgehead atoms. The van der Waals surface area contributed by atoms with Crippen molar-refractivity contribution in [1.82, 2.24) is 0 Å². The fraction of sp³-hybridized carbons (Fsp3) is 0.624. The maximum atomic E-state index is 11.8. The Bertz CT molecular complexity index is 3800. The van der Waals surface area contributed by atoms with Crippen LogP contribution in [-0.2, 0) is 118 Å². The molecule has 1 heterocycles. The van der Waals surface area contributed by atoms with Crippen molar-refractivity contribution in [3.8, 4) is 0 Å². The number of ether oxygens (including phenoxy) is 11. The predicted molar refractivity (Wildman–Crippen MR) is 458 cm³/mol. The van der Waals surface area contributed by atoms with E-state index in [1.165, 1.54) is 93.2 Å². The SMILES string of the molecule is C=CC(=O)OC12CC3CC(CC(C3)C1)C2.C=CC(=O)OC12CC3CC(CC(O)(C3)C1)C2.C=CC(=O)OC1CC2CCC1(C)C2(C)C.C=CC(=O)OCC1CCC(COC(=O)C=C)CC1.C=CC(=O)OCC1CCOC1=O.C=CC(=O)OCCOC(=O)C1CCCCC1C(=O)O.C=CC(=O)OCCOC(=O)c1ccccc1C(=O)O.CO[Si](CCCN)(OC)OC. The minimum atomic E-state index is -2.32. The lowest BCUT2D eigenvalue weighted by molar-refractivity contribution is -0.216. The molecule has 13 fully saturated rings. The van der Waals surface area contributed by atoms with Gasteiger partial charge in [-0.05, 0) is 213 Å². The third-order valence-electron chi connectivity index (χ3n) is 25.8. The number of hydrogen-bond acceptors (Lipinski definition) is 29. The van der Waals surface area contributed by atoms with Crippen molar-refractivity contribution >= 4 is 86.4 Å². The van der Waals surface area contributed by atoms with E-state index >= 15 is 0 Å². The van der Waals surface area contributed by atoms with Crippen molar-refractivity contribution in [3.63, 3.8) is 0 Å². The Morgan fingerprint density at radius 3 is 1.33 bits per heavy atom. The smallest absolute Gasteiger partial charge is 0.481 e. The van der Waals surface area contributed by atoms with Gasteiger partial charge in [-0.25, -0.2) is 47.9 Å². The molecule has 5 N–H and O–H groups in total. The van der Waals surface area contributed by atoms with Crippen molar-refractivity contribution in [2.45, 2.75) is 210 Å². The van der Waals surface area contributed by atoms with Gasteiger partial charge in [0.15, 0.2) is 0 Å². The van der Waals surface area contributed by atoms with Crippen LogP contribution in [0, 0.1) is 75.9 Å². The molecule has 0 amide bonds. The Kier molecular flexibility index (Phi) is 43.8. The van der Waals surface area contributed by atoms with Gasteiger partial charge in [-0.2, -0.15) is 0 Å². The number of esters is 11. The molecule has 12 saturated carbocycles. The van der Waals surface area contributed by atoms with Gasteiger partial charge >= 0.3 is 86.4 Å². The first kappa shape index (κ1) is 106. The second-order valence-corrected chi connectivity index (χ2v) is 37.5. The van der Waals surface area contributed by atoms with E-state index < -0.39 is 68.0 Å². The second kappa shape index (κ2) is 51.8. The van der Waals surface area contributed by atoms with Gasteiger partial charge in [0.1, 0.15) is 50.3 Å². The lowest BCUT2D eigenvalue weighted by Crippen LogP contribution is -2.60. The number of nitrogens with two attached hydrogens (primary N) is 1. The number of aliphatic carboxylic acids is 1. The summed E-state index contributed by atoms with van der Waals surface area (Å²) in [5.41, 5.74) is 4.58. The van der Waals surface area contributed by atoms with Crippen LogP contribution >= 0.6 is 0 Å². The summed E-state index contributed by atoms with van der Waals surface area (Å²) in [5.74, 6) is -3.48. The largest absolute Gasteiger partial charge is 0.500 e. The second-order valence-electron chi connectivity index (χ2n) is 34.4. The number of carboxylic acid groups (broad SMARTS) is 2. The molecule has 14 rings (SSSR count). The fourth-order valence-electron chi connectivity index (χ4n) is 19.7. The minimum absolute atomic E-state index is 0.0509. The Morgan fingerprint density at radius 2 is 0.920 bits per heavy atom. The van der Waals surface area contributed by atoms with Crippen molar-refractivity contribution in [3.05, 3.63) is 137 Å². The first-order chi connectivity index (χ1) is 59.4. The van der Waals surface area contributed by atoms with E-state index in [0.717, 1.165) is 138 Å². The van der Waals surface area contributed by atoms with Gasteiger partial charge < -0.3 is 86.4 Å². The van der Waals surface area contributed by atoms with E-state index in [1.54, 1.807) is 21.3 Å². The zero-order valence-corrected chi connectivity index (χ0v) is 74.7. The number of carbonyl (C=O) groups excluding carboxylic acids is 11. The van der Waals surface area contributed by atoms with Gasteiger partial charge in [-0.1, -0.05) is 98.4 Å². The highest BCUT2D eigenvalue weighted by Gasteiger charge is 2.63. The molecular formula is C93H133NO30Si. The van der Waals surface area contributed by atoms with Crippen molar-refractivity contribution < 1.29 is 143 Å². The van der Waals surface area contributed by atoms with Gasteiger partial charge in [0, 0.05) is 87.8 Å². The normalized spacial score (nSPS) is 28.1. The monoisotopic (exact) mass is 1770 g/mol. The number of rotatable bonds is 33. The first-order valence-electron chi connectivity index (χ1n) is 43.0. The van der Waals surface area contributed by atoms with Crippen LogP contribution in [0.3, 0.4) is 0 Å². The molecule has 12 aliphatic carbocycles. The fourth-order valence-corrected chi connectivity index (χ4v) is 21.5. The molecule has 0 radical (unpaired) electrons. The van der Waals surface area contributed by atoms with Crippen LogP contribution in [0.15, 0.2) is 126 Å². The summed E-state index contributed by atoms with van der Waals surface area (Å²) in [6, 6.07) is 6.47. The summed E-state index contributed by atoms with van der Waals surface area (Å²) >= 11 is 0. The lowest BCUT2D eigenvalue weighted by atomic mass is 9.52. The molecule has 31 nitrogen and oxygen atoms in total. The summed E-state index contributed by atoms with van der Waals surface area (Å²) in [6.07, 6.45) is 34.0. The topological polar surface area (TPSA) is 438 Å². The molecule has 8 unspecified atom stereocenters. The summed E-state index contributed by atoms with van der Waals surface area (Å²) in [5, 5.41) is 28.4. The number of cyclic esters (lactones) is 1. The van der Waals surface area contributed by atoms with Crippen LogP contribution in [0.2, 0.25) is 6.04 Å². The van der Waals surface area contributed by atoms with E-state index in [4.69, 9.17) is 62.4 Å². The van der Waals surface area contributed by atoms with Crippen molar-refractivity contribution in [2.24, 2.45) is 81.7 Å². The molecule has 13 aliphatic rings. The highest BCUT2D eigenvalue weighted by molar-refractivity contribution is 6.60. The van der Waals surface area contributed by atoms with Gasteiger partial charge in [-0.3, -0.25) is 14.4 Å². The summed E-state index contributed by atoms with van der Waals surface area (Å²) in [6.45, 7) is 35.3. The van der Waals surface area contributed by atoms with E-state index in [0.29, 0.717) is 87.1 Å². The van der Waals surface area contributed by atoms with E-state index in [2.05, 4.69) is 92.4 Å². The summed E-state index contributed by atoms with van der Waals surface area (Å²) in [4.78, 5) is 144. The third-order valence-corrected chi connectivity index (χ3v) is 28.6. The Labute approximate surface area is 735 Å². The minimum Gasteiger partial charge on any atom is -0.481 e. The average Bonchev–Trinajstić information content (AvgIpc) is 1.53. The Hall–Kier alpha value is -9.73. The molecule has 1 aromatic carbocycles. The van der Waals surface area contributed by atoms with Gasteiger partial charge in [0.05, 0.1) is 54.3 Å². The van der Waals surface area contributed by atoms with Crippen LogP contribution in [0.1, 0.15) is 202 Å². The van der Waals surface area contributed by atoms with Gasteiger partial charge in [0.25, 0.3) is 0 Å². The Balaban J connectivity index is 0.000000255. The molecule has 1 saturated heterocycles. The maximum absolute atomic E-state index is 11.8. The summed E-state index contributed by atoms with van der Waals surface area (Å²) < 4.78 is 70.6. The molecular weight excluding hydrogens is 1640 g/mol. The van der Waals surface area contributed by atoms with Gasteiger partial charge in [0.2, 0.25) is 0 Å². The first-order valence-corrected chi connectivity index (χ1v) is 44.9. The molecule has 32 heteroatoms. The number of hydrogen-bond donors (Lipinski definition) is 4. The molecule has 1 aromatic rings. The number of aromatic carboxylic acids is 1. The van der Waals surface area contributed by atoms with Crippen molar-refractivity contribution in [1.29, 1.82) is 0 Å². The van der Waals surface area contributed by atoms with Crippen LogP contribution in [-0.4, -0.2) is 205 Å². The standard InChI is InChI=1S/C14H20O4.C13H18O6.C13H12O6.C13H18O3.C13H18O2.C13H20O2.C8H10O4.C6H17NO3Si/c1-3-13(15)17-9-11-5-7-12(8-6-11)10-18-14(16)4-2;2*1-2-11(14)18-7-8-19-13(17)10-6-4-3-5-9(10)12(15)16;1-2-11(14)16-13-6-9-3-10(7-13)5-12(15,4-9)8-13;1-2-12(14)15-13-6-9-3-10(7-13)5-11(4-9)8-13;1-5-11(14)15-10-8-9-6-7-13(10,4)12(9,2)3;1-2-7(9)12-5-6-3-4-11-8(6)10;1-8-11(9-2,10-3)6-4-5-7/h3-4,11-12H,1-2,5-10H2;2,9-10H,1,3-8H2,(H,15,16);2-6H,1,7-8H2,(H,15,16);2,9-10,15H,1,3-8H2;2,9-11H,1,3-8H2;5,9-10H,1,6-8H2,2-4H3;2,6H,1,3-5H2;4-7H2,1-3H3. The number of benzene rings is 1. The Morgan fingerprint density at radius 1 is 0.496 bits per heavy atom. The highest BCUT2D eigenvalue weighted by atomic mass is 28.4. The number of fused-ring (bicyclic) bond motifs is 2. The van der Waals surface area contributed by atoms with E-state index in [1.807, 2.05) is 0 Å². The third kappa shape index (κ3) is 32.9. The molecule has 694 valence electrons. The van der Waals surface area contributed by atoms with Crippen LogP contribution in [0.25, 0.3) is 0 Å². The predicted octanol–water partition coefficient (Wildman–Crippen LogP) is 12.6. The van der Waals surface area contributed by atoms with E-state index in [9.17, 15) is 67.4 Å². The zero-order chi connectivity index (χ0) is 92.7. The van der Waals surface area contributed by atoms with Crippen LogP contribution < -0.4 is 5.73 Å². The maximum Gasteiger partial charge on any atom is 0.500 e. The number of aliphatic hydroxyl groups is 1. The lowest BCUT2D eigenvalue weighted by Gasteiger charge is -2.59. The highest BCUT2D eigenvalue weighted by Crippen LogP contribution is 2.66. The van der Waals surface area contributed by atoms with Crippen LogP contribution in [0.4, 0.5) is 0 Å². The summed E-state index contributed by atoms with van der Waals surface area (Å²) in [7, 11) is 2.50. The number of carbonyl (C=O) groups is 13. The number of carboxylic acids is 2. The van der Waals surface area contributed by atoms with Crippen molar-refractivity contribution in [2.75, 3.05) is 80.7 Å². The van der Waals surface area contributed by atoms with E-state index in [-0.39, 0.29) is 109 Å². The quantitative estimate of drug-likeness (QED) is 0.0167. The molecule has 125 heavy (non-hydrogen) atoms. The molecule has 0 aromatic heterocycles. The zero-order valence-electron chi connectivity index (χ0n) is 73.7. The molecule has 8 atom stereocenters. The van der Waals surface area contributed by atoms with Crippen LogP contribution in [0.5, 0.6) is 0 Å². The molecule has 1 aliphatic heterocycles. The average molecular weight is 1770 g/mol.